The van der Waals surface area contributed by atoms with Gasteiger partial charge in [0.15, 0.2) is 0 Å². The van der Waals surface area contributed by atoms with E-state index in [1.807, 2.05) is 0 Å². The number of alkyl halides is 4. The molecule has 1 aliphatic carbocycles. The number of halogens is 4. The van der Waals surface area contributed by atoms with Crippen LogP contribution in [0, 0.1) is 5.92 Å². The summed E-state index contributed by atoms with van der Waals surface area (Å²) < 4.78 is 52.3. The summed E-state index contributed by atoms with van der Waals surface area (Å²) in [5.41, 5.74) is 0.174. The molecule has 1 saturated carbocycles. The van der Waals surface area contributed by atoms with Gasteiger partial charge in [-0.25, -0.2) is 0 Å². The molecule has 0 spiro atoms. The van der Waals surface area contributed by atoms with Crippen molar-refractivity contribution in [1.82, 2.24) is 0 Å². The van der Waals surface area contributed by atoms with E-state index in [9.17, 15) is 27.5 Å². The number of hydrogen-bond donors (Lipinski definition) is 1. The molecular formula is C20H25F4NO2. The monoisotopic (exact) mass is 387 g/mol. The molecule has 3 rings (SSSR count). The summed E-state index contributed by atoms with van der Waals surface area (Å²) in [7, 11) is 0. The maximum atomic E-state index is 13.9. The highest BCUT2D eigenvalue weighted by Crippen LogP contribution is 2.42. The second-order valence-corrected chi connectivity index (χ2v) is 7.67. The van der Waals surface area contributed by atoms with Crippen LogP contribution >= 0.6 is 0 Å². The molecule has 0 bridgehead atoms. The van der Waals surface area contributed by atoms with Crippen LogP contribution in [0.1, 0.15) is 62.5 Å². The summed E-state index contributed by atoms with van der Waals surface area (Å²) >= 11 is 0. The van der Waals surface area contributed by atoms with Gasteiger partial charge in [0.05, 0.1) is 0 Å². The van der Waals surface area contributed by atoms with Crippen LogP contribution in [0.5, 0.6) is 0 Å². The summed E-state index contributed by atoms with van der Waals surface area (Å²) in [6.45, 7) is 0.511. The van der Waals surface area contributed by atoms with E-state index in [4.69, 9.17) is 0 Å². The van der Waals surface area contributed by atoms with Gasteiger partial charge in [-0.15, -0.1) is 0 Å². The van der Waals surface area contributed by atoms with Crippen molar-refractivity contribution in [1.29, 1.82) is 0 Å². The lowest BCUT2D eigenvalue weighted by atomic mass is 9.86. The Morgan fingerprint density at radius 3 is 2.44 bits per heavy atom. The molecule has 7 heteroatoms. The third-order valence-corrected chi connectivity index (χ3v) is 5.70. The second kappa shape index (κ2) is 7.78. The minimum atomic E-state index is -5.41. The Hall–Kier alpha value is -1.63. The number of carbonyl (C=O) groups is 1. The maximum absolute atomic E-state index is 13.9. The molecule has 1 heterocycles. The molecule has 0 saturated heterocycles. The van der Waals surface area contributed by atoms with Gasteiger partial charge in [0.1, 0.15) is 0 Å². The number of fused-ring (bicyclic) bond motifs is 1. The second-order valence-electron chi connectivity index (χ2n) is 7.67. The maximum Gasteiger partial charge on any atom is 0.453 e. The number of nitrogens with zero attached hydrogens (tertiary/aromatic N) is 1. The largest absolute Gasteiger partial charge is 0.453 e. The predicted molar refractivity (Wildman–Crippen MR) is 94.0 cm³/mol. The first-order valence-electron chi connectivity index (χ1n) is 9.62. The smallest absolute Gasteiger partial charge is 0.351 e. The van der Waals surface area contributed by atoms with Gasteiger partial charge in [0, 0.05) is 24.2 Å². The normalized spacial score (nSPS) is 21.3. The molecule has 3 nitrogen and oxygen atoms in total. The van der Waals surface area contributed by atoms with E-state index < -0.39 is 17.6 Å². The van der Waals surface area contributed by atoms with Crippen LogP contribution in [0.25, 0.3) is 0 Å². The van der Waals surface area contributed by atoms with Crippen molar-refractivity contribution in [2.75, 3.05) is 11.4 Å². The van der Waals surface area contributed by atoms with Gasteiger partial charge >= 0.3 is 12.0 Å². The molecule has 150 valence electrons. The summed E-state index contributed by atoms with van der Waals surface area (Å²) in [6.07, 6.45) is 2.43. The molecule has 1 amide bonds. The number of amides is 1. The van der Waals surface area contributed by atoms with Crippen molar-refractivity contribution in [3.8, 4) is 0 Å². The number of aryl methyl sites for hydroxylation is 1. The zero-order valence-electron chi connectivity index (χ0n) is 15.2. The third kappa shape index (κ3) is 4.28. The summed E-state index contributed by atoms with van der Waals surface area (Å²) in [4.78, 5) is 14.5. The molecule has 1 aliphatic heterocycles. The van der Waals surface area contributed by atoms with E-state index in [1.54, 1.807) is 4.90 Å². The molecular weight excluding hydrogens is 362 g/mol. The van der Waals surface area contributed by atoms with Gasteiger partial charge in [-0.3, -0.25) is 4.79 Å². The lowest BCUT2D eigenvalue weighted by molar-refractivity contribution is -0.323. The fraction of sp³-hybridized carbons (Fsp3) is 0.650. The molecule has 2 aliphatic rings. The van der Waals surface area contributed by atoms with Crippen molar-refractivity contribution >= 4 is 11.6 Å². The van der Waals surface area contributed by atoms with Gasteiger partial charge in [0.2, 0.25) is 5.91 Å². The number of benzene rings is 1. The number of anilines is 1. The Labute approximate surface area is 156 Å². The fourth-order valence-corrected chi connectivity index (χ4v) is 4.13. The van der Waals surface area contributed by atoms with Crippen LogP contribution in [0.4, 0.5) is 23.2 Å². The standard InChI is InChI=1S/C20H25F4NO2/c21-19(27,20(22,23)24)16-9-10-17-15(13-16)8-4-5-11-25(17)18(26)12-14-6-2-1-3-7-14/h9-10,13-14,27H,1-8,11-12H2. The molecule has 0 aromatic heterocycles. The van der Waals surface area contributed by atoms with E-state index in [1.165, 1.54) is 12.5 Å². The van der Waals surface area contributed by atoms with Crippen LogP contribution in [0.3, 0.4) is 0 Å². The van der Waals surface area contributed by atoms with Crippen LogP contribution in [0.2, 0.25) is 0 Å². The zero-order valence-corrected chi connectivity index (χ0v) is 15.2. The molecule has 1 aromatic carbocycles. The summed E-state index contributed by atoms with van der Waals surface area (Å²) in [5.74, 6) is -4.06. The Bertz CT molecular complexity index is 681. The van der Waals surface area contributed by atoms with Gasteiger partial charge in [0.25, 0.3) is 0 Å². The highest BCUT2D eigenvalue weighted by Gasteiger charge is 2.56. The fourth-order valence-electron chi connectivity index (χ4n) is 4.13. The minimum absolute atomic E-state index is 0.0240. The quantitative estimate of drug-likeness (QED) is 0.742. The number of aliphatic hydroxyl groups is 1. The first-order valence-corrected chi connectivity index (χ1v) is 9.62. The SMILES string of the molecule is O=C(CC1CCCCC1)N1CCCCc2cc(C(O)(F)C(F)(F)F)ccc21. The molecule has 27 heavy (non-hydrogen) atoms. The molecule has 1 aromatic rings. The average molecular weight is 387 g/mol. The lowest BCUT2D eigenvalue weighted by Crippen LogP contribution is -2.38. The molecule has 0 radical (unpaired) electrons. The van der Waals surface area contributed by atoms with E-state index in [0.29, 0.717) is 43.0 Å². The van der Waals surface area contributed by atoms with Crippen molar-refractivity contribution in [3.63, 3.8) is 0 Å². The molecule has 1 unspecified atom stereocenters. The molecule has 1 atom stereocenters. The van der Waals surface area contributed by atoms with E-state index in [0.717, 1.165) is 44.2 Å². The number of hydrogen-bond acceptors (Lipinski definition) is 2. The minimum Gasteiger partial charge on any atom is -0.351 e. The first-order chi connectivity index (χ1) is 12.7. The zero-order chi connectivity index (χ0) is 19.7. The van der Waals surface area contributed by atoms with E-state index >= 15 is 0 Å². The number of carbonyl (C=O) groups excluding carboxylic acids is 1. The predicted octanol–water partition coefficient (Wildman–Crippen LogP) is 5.00. The van der Waals surface area contributed by atoms with E-state index in [-0.39, 0.29) is 5.91 Å². The van der Waals surface area contributed by atoms with Gasteiger partial charge in [-0.1, -0.05) is 25.3 Å². The first kappa shape index (κ1) is 20.1. The van der Waals surface area contributed by atoms with Crippen molar-refractivity contribution in [2.45, 2.75) is 69.8 Å². The summed E-state index contributed by atoms with van der Waals surface area (Å²) in [6, 6.07) is 3.32. The Kier molecular flexibility index (Phi) is 5.79. The average Bonchev–Trinajstić information content (AvgIpc) is 2.83. The van der Waals surface area contributed by atoms with Crippen LogP contribution < -0.4 is 4.90 Å². The third-order valence-electron chi connectivity index (χ3n) is 5.70. The lowest BCUT2D eigenvalue weighted by Gasteiger charge is -2.28. The van der Waals surface area contributed by atoms with Crippen LogP contribution in [-0.2, 0) is 17.1 Å². The van der Waals surface area contributed by atoms with Gasteiger partial charge in [-0.2, -0.15) is 17.6 Å². The Morgan fingerprint density at radius 2 is 1.78 bits per heavy atom. The van der Waals surface area contributed by atoms with Gasteiger partial charge in [-0.05, 0) is 55.7 Å². The highest BCUT2D eigenvalue weighted by atomic mass is 19.4. The molecule has 1 N–H and O–H groups in total. The highest BCUT2D eigenvalue weighted by molar-refractivity contribution is 5.94. The van der Waals surface area contributed by atoms with Crippen LogP contribution in [-0.4, -0.2) is 23.7 Å². The van der Waals surface area contributed by atoms with Crippen molar-refractivity contribution < 1.29 is 27.5 Å². The van der Waals surface area contributed by atoms with Gasteiger partial charge < -0.3 is 10.0 Å². The topological polar surface area (TPSA) is 40.5 Å². The van der Waals surface area contributed by atoms with Crippen LogP contribution in [0.15, 0.2) is 18.2 Å². The van der Waals surface area contributed by atoms with E-state index in [2.05, 4.69) is 0 Å². The number of rotatable bonds is 3. The molecule has 1 fully saturated rings. The van der Waals surface area contributed by atoms with Crippen molar-refractivity contribution in [2.24, 2.45) is 5.92 Å². The summed E-state index contributed by atoms with van der Waals surface area (Å²) in [5, 5.41) is 9.31. The van der Waals surface area contributed by atoms with Crippen molar-refractivity contribution in [3.05, 3.63) is 29.3 Å². The Morgan fingerprint density at radius 1 is 1.07 bits per heavy atom. The Balaban J connectivity index is 1.85.